The van der Waals surface area contributed by atoms with E-state index in [0.717, 1.165) is 31.8 Å². The van der Waals surface area contributed by atoms with E-state index in [9.17, 15) is 9.59 Å². The van der Waals surface area contributed by atoms with Crippen LogP contribution in [0, 0.1) is 12.8 Å². The Balaban J connectivity index is 1.19. The lowest BCUT2D eigenvalue weighted by atomic mass is 9.74. The molecule has 4 aliphatic rings. The zero-order valence-corrected chi connectivity index (χ0v) is 20.1. The molecular formula is C27H34N4O3. The van der Waals surface area contributed by atoms with E-state index in [0.29, 0.717) is 35.6 Å². The standard InChI is InChI=1S/C27H34N4O3/c1-17(32)20-8-5-9-22(12-20)30-27(33)34-16-23-13-21-10-11-31(23)15-24(21)26-14-25(28-18(2)29-26)19-6-3-4-7-19/h5,8-9,12,14,19,21,23-24H,3-4,6-7,10-11,13,15-16H2,1-2H3,(H,30,33)/t21-,23+,24-/m0/s1. The zero-order valence-electron chi connectivity index (χ0n) is 20.1. The second-order valence-electron chi connectivity index (χ2n) is 10.1. The van der Waals surface area contributed by atoms with Gasteiger partial charge in [-0.05, 0) is 70.2 Å². The van der Waals surface area contributed by atoms with E-state index >= 15 is 0 Å². The van der Waals surface area contributed by atoms with E-state index in [-0.39, 0.29) is 11.8 Å². The summed E-state index contributed by atoms with van der Waals surface area (Å²) in [5.41, 5.74) is 3.57. The molecule has 1 saturated carbocycles. The molecule has 7 nitrogen and oxygen atoms in total. The van der Waals surface area contributed by atoms with Crippen LogP contribution >= 0.6 is 0 Å². The van der Waals surface area contributed by atoms with E-state index in [1.165, 1.54) is 44.0 Å². The lowest BCUT2D eigenvalue weighted by Crippen LogP contribution is -2.54. The highest BCUT2D eigenvalue weighted by Gasteiger charge is 2.42. The van der Waals surface area contributed by atoms with Gasteiger partial charge in [-0.2, -0.15) is 0 Å². The highest BCUT2D eigenvalue weighted by atomic mass is 16.5. The van der Waals surface area contributed by atoms with E-state index in [1.54, 1.807) is 24.3 Å². The lowest BCUT2D eigenvalue weighted by molar-refractivity contribution is -0.00155. The number of anilines is 1. The van der Waals surface area contributed by atoms with Crippen LogP contribution in [0.5, 0.6) is 0 Å². The molecule has 1 aliphatic carbocycles. The fraction of sp³-hybridized carbons (Fsp3) is 0.556. The second-order valence-corrected chi connectivity index (χ2v) is 10.1. The first kappa shape index (κ1) is 23.0. The fourth-order valence-electron chi connectivity index (χ4n) is 6.02. The molecule has 1 unspecified atom stereocenters. The van der Waals surface area contributed by atoms with Crippen molar-refractivity contribution in [2.45, 2.75) is 70.3 Å². The third-order valence-electron chi connectivity index (χ3n) is 7.83. The highest BCUT2D eigenvalue weighted by Crippen LogP contribution is 2.42. The van der Waals surface area contributed by atoms with Crippen molar-refractivity contribution in [3.05, 3.63) is 53.1 Å². The molecule has 7 heteroatoms. The first-order valence-electron chi connectivity index (χ1n) is 12.6. The molecule has 1 aromatic heterocycles. The highest BCUT2D eigenvalue weighted by molar-refractivity contribution is 5.96. The number of benzene rings is 1. The number of aromatic nitrogens is 2. The van der Waals surface area contributed by atoms with Gasteiger partial charge in [0.15, 0.2) is 5.78 Å². The van der Waals surface area contributed by atoms with E-state index in [2.05, 4.69) is 16.3 Å². The van der Waals surface area contributed by atoms with Crippen molar-refractivity contribution < 1.29 is 14.3 Å². The molecule has 3 saturated heterocycles. The van der Waals surface area contributed by atoms with Gasteiger partial charge in [0.25, 0.3) is 0 Å². The predicted molar refractivity (Wildman–Crippen MR) is 130 cm³/mol. The molecule has 1 amide bonds. The maximum atomic E-state index is 12.4. The van der Waals surface area contributed by atoms with Crippen molar-refractivity contribution in [2.24, 2.45) is 5.92 Å². The van der Waals surface area contributed by atoms with Gasteiger partial charge in [0, 0.05) is 47.1 Å². The first-order chi connectivity index (χ1) is 16.5. The number of hydrogen-bond donors (Lipinski definition) is 1. The quantitative estimate of drug-likeness (QED) is 0.603. The van der Waals surface area contributed by atoms with Gasteiger partial charge in [0.2, 0.25) is 0 Å². The average molecular weight is 463 g/mol. The molecule has 3 aliphatic heterocycles. The maximum absolute atomic E-state index is 12.4. The van der Waals surface area contributed by atoms with Crippen LogP contribution < -0.4 is 5.32 Å². The van der Waals surface area contributed by atoms with Gasteiger partial charge in [-0.1, -0.05) is 25.0 Å². The summed E-state index contributed by atoms with van der Waals surface area (Å²) in [6.45, 7) is 5.90. The minimum Gasteiger partial charge on any atom is -0.448 e. The number of fused-ring (bicyclic) bond motifs is 3. The van der Waals surface area contributed by atoms with Gasteiger partial charge in [0.05, 0.1) is 0 Å². The number of ketones is 1. The summed E-state index contributed by atoms with van der Waals surface area (Å²) < 4.78 is 5.58. The molecule has 1 N–H and O–H groups in total. The van der Waals surface area contributed by atoms with Crippen molar-refractivity contribution in [1.82, 2.24) is 14.9 Å². The van der Waals surface area contributed by atoms with Crippen molar-refractivity contribution in [3.8, 4) is 0 Å². The molecule has 1 aromatic carbocycles. The minimum absolute atomic E-state index is 0.0353. The number of ether oxygens (including phenoxy) is 1. The van der Waals surface area contributed by atoms with Crippen LogP contribution in [0.2, 0.25) is 0 Å². The fourth-order valence-corrected chi connectivity index (χ4v) is 6.02. The molecule has 34 heavy (non-hydrogen) atoms. The molecule has 2 bridgehead atoms. The number of amides is 1. The molecule has 0 radical (unpaired) electrons. The average Bonchev–Trinajstić information content (AvgIpc) is 3.38. The molecule has 2 aromatic rings. The number of carbonyl (C=O) groups excluding carboxylic acids is 2. The number of nitrogens with zero attached hydrogens (tertiary/aromatic N) is 3. The van der Waals surface area contributed by atoms with Crippen LogP contribution in [0.4, 0.5) is 10.5 Å². The number of carbonyl (C=O) groups is 2. The number of hydrogen-bond acceptors (Lipinski definition) is 6. The maximum Gasteiger partial charge on any atom is 0.411 e. The van der Waals surface area contributed by atoms with Gasteiger partial charge < -0.3 is 4.74 Å². The third kappa shape index (κ3) is 4.99. The Bertz CT molecular complexity index is 1070. The Labute approximate surface area is 201 Å². The number of nitrogens with one attached hydrogen (secondary N) is 1. The van der Waals surface area contributed by atoms with Gasteiger partial charge >= 0.3 is 6.09 Å². The minimum atomic E-state index is -0.479. The monoisotopic (exact) mass is 462 g/mol. The molecule has 4 atom stereocenters. The van der Waals surface area contributed by atoms with Crippen LogP contribution in [0.1, 0.15) is 84.9 Å². The van der Waals surface area contributed by atoms with Crippen molar-refractivity contribution in [3.63, 3.8) is 0 Å². The molecular weight excluding hydrogens is 428 g/mol. The summed E-state index contributed by atoms with van der Waals surface area (Å²) in [5, 5.41) is 2.75. The Morgan fingerprint density at radius 3 is 2.65 bits per heavy atom. The summed E-state index contributed by atoms with van der Waals surface area (Å²) in [7, 11) is 0. The van der Waals surface area contributed by atoms with Gasteiger partial charge in [-0.25, -0.2) is 14.8 Å². The van der Waals surface area contributed by atoms with Crippen molar-refractivity contribution in [2.75, 3.05) is 25.0 Å². The summed E-state index contributed by atoms with van der Waals surface area (Å²) in [5.74, 6) is 2.43. The molecule has 6 rings (SSSR count). The van der Waals surface area contributed by atoms with E-state index in [1.807, 2.05) is 6.92 Å². The Hall–Kier alpha value is -2.80. The third-order valence-corrected chi connectivity index (χ3v) is 7.83. The van der Waals surface area contributed by atoms with Crippen LogP contribution in [0.25, 0.3) is 0 Å². The van der Waals surface area contributed by atoms with Crippen molar-refractivity contribution >= 4 is 17.6 Å². The van der Waals surface area contributed by atoms with Crippen LogP contribution in [0.15, 0.2) is 30.3 Å². The van der Waals surface area contributed by atoms with E-state index in [4.69, 9.17) is 14.7 Å². The molecule has 180 valence electrons. The number of aryl methyl sites for hydroxylation is 1. The normalized spacial score (nSPS) is 26.4. The van der Waals surface area contributed by atoms with Gasteiger partial charge in [-0.3, -0.25) is 15.0 Å². The number of Topliss-reactive ketones (excluding diaryl/α,β-unsaturated/α-hetero) is 1. The largest absolute Gasteiger partial charge is 0.448 e. The van der Waals surface area contributed by atoms with Crippen LogP contribution in [-0.2, 0) is 4.74 Å². The number of rotatable bonds is 6. The summed E-state index contributed by atoms with van der Waals surface area (Å²) >= 11 is 0. The van der Waals surface area contributed by atoms with Crippen LogP contribution in [0.3, 0.4) is 0 Å². The molecule has 0 spiro atoms. The Morgan fingerprint density at radius 2 is 1.91 bits per heavy atom. The summed E-state index contributed by atoms with van der Waals surface area (Å²) in [6, 6.07) is 9.44. The van der Waals surface area contributed by atoms with Crippen LogP contribution in [-0.4, -0.2) is 52.5 Å². The summed E-state index contributed by atoms with van der Waals surface area (Å²) in [6.07, 6.45) is 6.80. The lowest BCUT2D eigenvalue weighted by Gasteiger charge is -2.49. The van der Waals surface area contributed by atoms with Crippen molar-refractivity contribution in [1.29, 1.82) is 0 Å². The van der Waals surface area contributed by atoms with Gasteiger partial charge in [-0.15, -0.1) is 0 Å². The SMILES string of the molecule is CC(=O)c1cccc(NC(=O)OC[C@H]2C[C@@H]3CCN2C[C@@H]3c2cc(C3CCCC3)nc(C)n2)c1. The number of piperidine rings is 3. The van der Waals surface area contributed by atoms with Gasteiger partial charge in [0.1, 0.15) is 12.4 Å². The Kier molecular flexibility index (Phi) is 6.63. The summed E-state index contributed by atoms with van der Waals surface area (Å²) in [4.78, 5) is 36.0. The van der Waals surface area contributed by atoms with E-state index < -0.39 is 6.09 Å². The zero-order chi connectivity index (χ0) is 23.7. The first-order valence-corrected chi connectivity index (χ1v) is 12.6. The predicted octanol–water partition coefficient (Wildman–Crippen LogP) is 5.07. The second kappa shape index (κ2) is 9.82. The molecule has 4 fully saturated rings. The Morgan fingerprint density at radius 1 is 1.12 bits per heavy atom. The smallest absolute Gasteiger partial charge is 0.411 e. The molecule has 4 heterocycles. The topological polar surface area (TPSA) is 84.4 Å².